The summed E-state index contributed by atoms with van der Waals surface area (Å²) in [5.74, 6) is 0.476. The molecule has 0 aliphatic heterocycles. The van der Waals surface area contributed by atoms with Gasteiger partial charge in [-0.05, 0) is 45.1 Å². The fourth-order valence-corrected chi connectivity index (χ4v) is 2.15. The molecule has 2 rings (SSSR count). The number of hydrogen-bond donors (Lipinski definition) is 1. The maximum absolute atomic E-state index is 10.4. The van der Waals surface area contributed by atoms with Crippen molar-refractivity contribution in [3.05, 3.63) is 34.9 Å². The van der Waals surface area contributed by atoms with Gasteiger partial charge in [0.25, 0.3) is 0 Å². The molecular formula is C13H18O. The first-order valence-corrected chi connectivity index (χ1v) is 5.31. The zero-order chi connectivity index (χ0) is 10.3. The monoisotopic (exact) mass is 190 g/mol. The van der Waals surface area contributed by atoms with Gasteiger partial charge in [0.15, 0.2) is 0 Å². The maximum Gasteiger partial charge on any atom is 0.0896 e. The molecular weight excluding hydrogens is 172 g/mol. The molecule has 0 spiro atoms. The zero-order valence-corrected chi connectivity index (χ0v) is 9.17. The number of hydrogen-bond acceptors (Lipinski definition) is 1. The van der Waals surface area contributed by atoms with Crippen molar-refractivity contribution in [1.82, 2.24) is 0 Å². The van der Waals surface area contributed by atoms with Crippen molar-refractivity contribution >= 4 is 0 Å². The fraction of sp³-hybridized carbons (Fsp3) is 0.538. The second-order valence-electron chi connectivity index (χ2n) is 4.80. The average Bonchev–Trinajstić information content (AvgIpc) is 2.83. The van der Waals surface area contributed by atoms with Gasteiger partial charge in [0.1, 0.15) is 0 Å². The highest BCUT2D eigenvalue weighted by Crippen LogP contribution is 2.45. The number of benzene rings is 1. The van der Waals surface area contributed by atoms with Gasteiger partial charge in [-0.25, -0.2) is 0 Å². The van der Waals surface area contributed by atoms with Gasteiger partial charge in [-0.1, -0.05) is 29.3 Å². The minimum absolute atomic E-state index is 0.476. The summed E-state index contributed by atoms with van der Waals surface area (Å²) in [6, 6.07) is 6.35. The van der Waals surface area contributed by atoms with Gasteiger partial charge in [0, 0.05) is 0 Å². The highest BCUT2D eigenvalue weighted by Gasteiger charge is 2.41. The van der Waals surface area contributed by atoms with E-state index in [-0.39, 0.29) is 0 Å². The topological polar surface area (TPSA) is 20.2 Å². The minimum Gasteiger partial charge on any atom is -0.385 e. The van der Waals surface area contributed by atoms with Crippen LogP contribution in [0.5, 0.6) is 0 Å². The lowest BCUT2D eigenvalue weighted by Gasteiger charge is -2.24. The normalized spacial score (nSPS) is 20.6. The summed E-state index contributed by atoms with van der Waals surface area (Å²) < 4.78 is 0. The molecule has 0 bridgehead atoms. The summed E-state index contributed by atoms with van der Waals surface area (Å²) in [6.45, 7) is 6.11. The molecule has 76 valence electrons. The molecule has 0 saturated heterocycles. The van der Waals surface area contributed by atoms with Gasteiger partial charge < -0.3 is 5.11 Å². The highest BCUT2D eigenvalue weighted by molar-refractivity contribution is 5.33. The Kier molecular flexibility index (Phi) is 2.15. The van der Waals surface area contributed by atoms with Gasteiger partial charge in [-0.15, -0.1) is 0 Å². The Bertz CT molecular complexity index is 328. The molecule has 0 unspecified atom stereocenters. The summed E-state index contributed by atoms with van der Waals surface area (Å²) in [7, 11) is 0. The fourth-order valence-electron chi connectivity index (χ4n) is 2.15. The van der Waals surface area contributed by atoms with Crippen LogP contribution in [0, 0.1) is 19.8 Å². The Hall–Kier alpha value is -0.820. The molecule has 1 N–H and O–H groups in total. The van der Waals surface area contributed by atoms with Crippen LogP contribution >= 0.6 is 0 Å². The van der Waals surface area contributed by atoms with Crippen LogP contribution in [0.15, 0.2) is 18.2 Å². The number of rotatable bonds is 2. The second kappa shape index (κ2) is 3.09. The van der Waals surface area contributed by atoms with E-state index < -0.39 is 5.60 Å². The molecule has 1 nitrogen and oxygen atoms in total. The van der Waals surface area contributed by atoms with E-state index in [9.17, 15) is 5.11 Å². The lowest BCUT2D eigenvalue weighted by Crippen LogP contribution is -2.23. The van der Waals surface area contributed by atoms with Crippen LogP contribution in [0.2, 0.25) is 0 Å². The van der Waals surface area contributed by atoms with Crippen LogP contribution in [-0.4, -0.2) is 5.11 Å². The van der Waals surface area contributed by atoms with Gasteiger partial charge in [0.2, 0.25) is 0 Å². The summed E-state index contributed by atoms with van der Waals surface area (Å²) in [4.78, 5) is 0. The summed E-state index contributed by atoms with van der Waals surface area (Å²) >= 11 is 0. The van der Waals surface area contributed by atoms with Crippen molar-refractivity contribution in [3.8, 4) is 0 Å². The molecule has 0 aromatic heterocycles. The first-order chi connectivity index (χ1) is 6.50. The largest absolute Gasteiger partial charge is 0.385 e. The molecule has 1 aliphatic carbocycles. The van der Waals surface area contributed by atoms with Gasteiger partial charge in [-0.2, -0.15) is 0 Å². The molecule has 0 heterocycles. The first kappa shape index (κ1) is 9.72. The Balaban J connectivity index is 2.39. The van der Waals surface area contributed by atoms with E-state index in [0.717, 1.165) is 5.56 Å². The van der Waals surface area contributed by atoms with Gasteiger partial charge in [-0.3, -0.25) is 0 Å². The van der Waals surface area contributed by atoms with Crippen LogP contribution in [0.4, 0.5) is 0 Å². The maximum atomic E-state index is 10.4. The van der Waals surface area contributed by atoms with E-state index in [2.05, 4.69) is 32.0 Å². The summed E-state index contributed by atoms with van der Waals surface area (Å²) in [6.07, 6.45) is 2.33. The zero-order valence-electron chi connectivity index (χ0n) is 9.17. The number of aliphatic hydroxyl groups is 1. The van der Waals surface area contributed by atoms with E-state index >= 15 is 0 Å². The Morgan fingerprint density at radius 3 is 2.07 bits per heavy atom. The minimum atomic E-state index is -0.614. The van der Waals surface area contributed by atoms with E-state index in [0.29, 0.717) is 5.92 Å². The third kappa shape index (κ3) is 1.69. The predicted molar refractivity (Wildman–Crippen MR) is 58.2 cm³/mol. The van der Waals surface area contributed by atoms with Crippen molar-refractivity contribution in [2.75, 3.05) is 0 Å². The standard InChI is InChI=1S/C13H18O/c1-9-6-10(2)8-12(7-9)13(3,14)11-4-5-11/h6-8,11,14H,4-5H2,1-3H3/t13-/m1/s1. The number of aryl methyl sites for hydroxylation is 2. The van der Waals surface area contributed by atoms with Crippen LogP contribution in [-0.2, 0) is 5.60 Å². The van der Waals surface area contributed by atoms with Crippen LogP contribution in [0.3, 0.4) is 0 Å². The SMILES string of the molecule is Cc1cc(C)cc([C@](C)(O)C2CC2)c1. The smallest absolute Gasteiger partial charge is 0.0896 e. The van der Waals surface area contributed by atoms with E-state index in [1.54, 1.807) is 0 Å². The van der Waals surface area contributed by atoms with E-state index in [1.807, 2.05) is 6.92 Å². The molecule has 1 fully saturated rings. The van der Waals surface area contributed by atoms with Gasteiger partial charge in [0.05, 0.1) is 5.60 Å². The molecule has 1 saturated carbocycles. The molecule has 1 aliphatic rings. The highest BCUT2D eigenvalue weighted by atomic mass is 16.3. The van der Waals surface area contributed by atoms with E-state index in [4.69, 9.17) is 0 Å². The Morgan fingerprint density at radius 1 is 1.14 bits per heavy atom. The quantitative estimate of drug-likeness (QED) is 0.760. The average molecular weight is 190 g/mol. The molecule has 1 heteroatoms. The molecule has 0 radical (unpaired) electrons. The lowest BCUT2D eigenvalue weighted by molar-refractivity contribution is 0.0330. The third-order valence-electron chi connectivity index (χ3n) is 3.18. The first-order valence-electron chi connectivity index (χ1n) is 5.31. The molecule has 1 aromatic rings. The van der Waals surface area contributed by atoms with Crippen LogP contribution in [0.25, 0.3) is 0 Å². The molecule has 1 aromatic carbocycles. The molecule has 14 heavy (non-hydrogen) atoms. The van der Waals surface area contributed by atoms with Crippen molar-refractivity contribution in [3.63, 3.8) is 0 Å². The van der Waals surface area contributed by atoms with Crippen molar-refractivity contribution in [2.45, 2.75) is 39.2 Å². The Morgan fingerprint density at radius 2 is 1.64 bits per heavy atom. The lowest BCUT2D eigenvalue weighted by atomic mass is 9.89. The summed E-state index contributed by atoms with van der Waals surface area (Å²) in [5, 5.41) is 10.4. The molecule has 1 atom stereocenters. The van der Waals surface area contributed by atoms with Gasteiger partial charge >= 0.3 is 0 Å². The second-order valence-corrected chi connectivity index (χ2v) is 4.80. The molecule has 0 amide bonds. The predicted octanol–water partition coefficient (Wildman–Crippen LogP) is 2.92. The van der Waals surface area contributed by atoms with Crippen LogP contribution in [0.1, 0.15) is 36.5 Å². The van der Waals surface area contributed by atoms with Crippen molar-refractivity contribution in [2.24, 2.45) is 5.92 Å². The Labute approximate surface area is 85.8 Å². The van der Waals surface area contributed by atoms with Crippen LogP contribution < -0.4 is 0 Å². The van der Waals surface area contributed by atoms with Crippen molar-refractivity contribution < 1.29 is 5.11 Å². The third-order valence-corrected chi connectivity index (χ3v) is 3.18. The van der Waals surface area contributed by atoms with Crippen molar-refractivity contribution in [1.29, 1.82) is 0 Å². The van der Waals surface area contributed by atoms with E-state index in [1.165, 1.54) is 24.0 Å². The summed E-state index contributed by atoms with van der Waals surface area (Å²) in [5.41, 5.74) is 2.94.